The van der Waals surface area contributed by atoms with Crippen LogP contribution in [-0.2, 0) is 6.54 Å². The van der Waals surface area contributed by atoms with E-state index in [-0.39, 0.29) is 6.03 Å². The van der Waals surface area contributed by atoms with Gasteiger partial charge in [-0.15, -0.1) is 0 Å². The zero-order valence-corrected chi connectivity index (χ0v) is 15.3. The van der Waals surface area contributed by atoms with Crippen LogP contribution in [0.15, 0.2) is 36.7 Å². The van der Waals surface area contributed by atoms with E-state index in [1.54, 1.807) is 36.5 Å². The molecule has 8 heteroatoms. The summed E-state index contributed by atoms with van der Waals surface area (Å²) >= 11 is 0. The first-order chi connectivity index (χ1) is 13.2. The van der Waals surface area contributed by atoms with Crippen LogP contribution in [0.1, 0.15) is 17.5 Å². The van der Waals surface area contributed by atoms with Crippen molar-refractivity contribution < 1.29 is 9.53 Å². The van der Waals surface area contributed by atoms with Gasteiger partial charge in [0.1, 0.15) is 11.9 Å². The zero-order chi connectivity index (χ0) is 19.1. The number of anilines is 1. The molecular weight excluding hydrogens is 344 g/mol. The molecule has 0 radical (unpaired) electrons. The molecule has 8 nitrogen and oxygen atoms in total. The van der Waals surface area contributed by atoms with Crippen molar-refractivity contribution in [3.63, 3.8) is 0 Å². The van der Waals surface area contributed by atoms with Gasteiger partial charge in [-0.2, -0.15) is 5.26 Å². The van der Waals surface area contributed by atoms with Gasteiger partial charge < -0.3 is 19.9 Å². The molecular formula is C19H22N6O2. The Labute approximate surface area is 158 Å². The van der Waals surface area contributed by atoms with E-state index in [1.807, 2.05) is 12.1 Å². The third kappa shape index (κ3) is 4.44. The van der Waals surface area contributed by atoms with Gasteiger partial charge in [-0.25, -0.2) is 14.8 Å². The Kier molecular flexibility index (Phi) is 6.05. The number of hydrogen-bond acceptors (Lipinski definition) is 6. The zero-order valence-electron chi connectivity index (χ0n) is 15.3. The van der Waals surface area contributed by atoms with Crippen molar-refractivity contribution in [1.82, 2.24) is 20.2 Å². The minimum Gasteiger partial charge on any atom is -0.481 e. The van der Waals surface area contributed by atoms with Crippen molar-refractivity contribution in [2.45, 2.75) is 13.0 Å². The predicted octanol–water partition coefficient (Wildman–Crippen LogP) is 1.78. The molecule has 1 N–H and O–H groups in total. The first kappa shape index (κ1) is 18.5. The molecule has 2 amide bonds. The van der Waals surface area contributed by atoms with Crippen LogP contribution in [0.2, 0.25) is 0 Å². The fourth-order valence-electron chi connectivity index (χ4n) is 3.09. The Hall–Kier alpha value is -3.34. The molecule has 1 fully saturated rings. The van der Waals surface area contributed by atoms with E-state index in [2.05, 4.69) is 26.3 Å². The van der Waals surface area contributed by atoms with Crippen molar-refractivity contribution in [2.75, 3.05) is 38.2 Å². The molecule has 27 heavy (non-hydrogen) atoms. The molecule has 0 spiro atoms. The van der Waals surface area contributed by atoms with Gasteiger partial charge in [-0.3, -0.25) is 0 Å². The molecule has 0 unspecified atom stereocenters. The first-order valence-electron chi connectivity index (χ1n) is 8.83. The maximum Gasteiger partial charge on any atom is 0.317 e. The number of ether oxygens (including phenoxy) is 1. The van der Waals surface area contributed by atoms with E-state index < -0.39 is 0 Å². The molecule has 2 aromatic rings. The molecule has 0 saturated carbocycles. The minimum absolute atomic E-state index is 0.121. The van der Waals surface area contributed by atoms with Gasteiger partial charge in [0.2, 0.25) is 5.88 Å². The van der Waals surface area contributed by atoms with Gasteiger partial charge in [0, 0.05) is 50.7 Å². The van der Waals surface area contributed by atoms with Gasteiger partial charge in [-0.1, -0.05) is 6.07 Å². The highest BCUT2D eigenvalue weighted by molar-refractivity contribution is 5.74. The smallest absolute Gasteiger partial charge is 0.317 e. The number of nitriles is 1. The van der Waals surface area contributed by atoms with Gasteiger partial charge in [0.25, 0.3) is 0 Å². The standard InChI is InChI=1S/C19H22N6O2/c1-27-18-16(6-3-8-22-18)14-23-19(26)25-10-4-9-24(11-12-25)17-15(13-20)5-2-7-21-17/h2-3,5-8H,4,9-12,14H2,1H3,(H,23,26). The molecule has 0 atom stereocenters. The van der Waals surface area contributed by atoms with E-state index in [1.165, 1.54) is 0 Å². The lowest BCUT2D eigenvalue weighted by atomic mass is 10.2. The minimum atomic E-state index is -0.121. The van der Waals surface area contributed by atoms with Crippen LogP contribution in [0.4, 0.5) is 10.6 Å². The quantitative estimate of drug-likeness (QED) is 0.886. The molecule has 2 aromatic heterocycles. The highest BCUT2D eigenvalue weighted by Gasteiger charge is 2.21. The van der Waals surface area contributed by atoms with Gasteiger partial charge in [-0.05, 0) is 24.6 Å². The Morgan fingerprint density at radius 1 is 1.22 bits per heavy atom. The summed E-state index contributed by atoms with van der Waals surface area (Å²) in [6.07, 6.45) is 4.15. The molecule has 1 saturated heterocycles. The first-order valence-corrected chi connectivity index (χ1v) is 8.83. The SMILES string of the molecule is COc1ncccc1CNC(=O)N1CCCN(c2ncccc2C#N)CC1. The lowest BCUT2D eigenvalue weighted by Gasteiger charge is -2.23. The topological polar surface area (TPSA) is 94.4 Å². The summed E-state index contributed by atoms with van der Waals surface area (Å²) in [5, 5.41) is 12.2. The van der Waals surface area contributed by atoms with E-state index in [0.29, 0.717) is 43.4 Å². The van der Waals surface area contributed by atoms with Gasteiger partial charge >= 0.3 is 6.03 Å². The summed E-state index contributed by atoms with van der Waals surface area (Å²) in [5.74, 6) is 1.20. The summed E-state index contributed by atoms with van der Waals surface area (Å²) in [6.45, 7) is 2.97. The Bertz CT molecular complexity index is 835. The Morgan fingerprint density at radius 2 is 2.04 bits per heavy atom. The summed E-state index contributed by atoms with van der Waals surface area (Å²) in [4.78, 5) is 24.9. The van der Waals surface area contributed by atoms with Crippen LogP contribution in [0.25, 0.3) is 0 Å². The highest BCUT2D eigenvalue weighted by atomic mass is 16.5. The normalized spacial score (nSPS) is 14.2. The number of hydrogen-bond donors (Lipinski definition) is 1. The van der Waals surface area contributed by atoms with E-state index in [4.69, 9.17) is 4.74 Å². The maximum absolute atomic E-state index is 12.6. The number of carbonyl (C=O) groups excluding carboxylic acids is 1. The number of nitrogens with one attached hydrogen (secondary N) is 1. The molecule has 1 aliphatic rings. The average molecular weight is 366 g/mol. The summed E-state index contributed by atoms with van der Waals surface area (Å²) in [5.41, 5.74) is 1.39. The van der Waals surface area contributed by atoms with Crippen LogP contribution < -0.4 is 15.0 Å². The highest BCUT2D eigenvalue weighted by Crippen LogP contribution is 2.18. The number of methoxy groups -OCH3 is 1. The third-order valence-corrected chi connectivity index (χ3v) is 4.46. The lowest BCUT2D eigenvalue weighted by Crippen LogP contribution is -2.42. The average Bonchev–Trinajstić information content (AvgIpc) is 2.98. The molecule has 0 aliphatic carbocycles. The fourth-order valence-corrected chi connectivity index (χ4v) is 3.09. The van der Waals surface area contributed by atoms with E-state index in [0.717, 1.165) is 18.5 Å². The largest absolute Gasteiger partial charge is 0.481 e. The molecule has 3 rings (SSSR count). The number of urea groups is 1. The molecule has 140 valence electrons. The maximum atomic E-state index is 12.6. The number of nitrogens with zero attached hydrogens (tertiary/aromatic N) is 5. The third-order valence-electron chi connectivity index (χ3n) is 4.46. The number of carbonyl (C=O) groups is 1. The van der Waals surface area contributed by atoms with Crippen molar-refractivity contribution >= 4 is 11.8 Å². The second kappa shape index (κ2) is 8.85. The summed E-state index contributed by atoms with van der Waals surface area (Å²) in [7, 11) is 1.56. The van der Waals surface area contributed by atoms with Crippen LogP contribution in [0.3, 0.4) is 0 Å². The summed E-state index contributed by atoms with van der Waals surface area (Å²) in [6, 6.07) is 9.27. The van der Waals surface area contributed by atoms with Crippen LogP contribution in [0, 0.1) is 11.3 Å². The van der Waals surface area contributed by atoms with Crippen molar-refractivity contribution in [1.29, 1.82) is 5.26 Å². The lowest BCUT2D eigenvalue weighted by molar-refractivity contribution is 0.201. The van der Waals surface area contributed by atoms with Crippen LogP contribution >= 0.6 is 0 Å². The predicted molar refractivity (Wildman–Crippen MR) is 100 cm³/mol. The van der Waals surface area contributed by atoms with Crippen molar-refractivity contribution in [3.8, 4) is 11.9 Å². The van der Waals surface area contributed by atoms with Gasteiger partial charge in [0.05, 0.1) is 12.7 Å². The molecule has 0 aromatic carbocycles. The van der Waals surface area contributed by atoms with Crippen molar-refractivity contribution in [2.24, 2.45) is 0 Å². The number of pyridine rings is 2. The van der Waals surface area contributed by atoms with Crippen molar-refractivity contribution in [3.05, 3.63) is 47.8 Å². The monoisotopic (exact) mass is 366 g/mol. The Balaban J connectivity index is 1.59. The molecule has 0 bridgehead atoms. The Morgan fingerprint density at radius 3 is 2.85 bits per heavy atom. The van der Waals surface area contributed by atoms with Crippen LogP contribution in [0.5, 0.6) is 5.88 Å². The number of aromatic nitrogens is 2. The van der Waals surface area contributed by atoms with Gasteiger partial charge in [0.15, 0.2) is 0 Å². The van der Waals surface area contributed by atoms with E-state index >= 15 is 0 Å². The number of rotatable bonds is 4. The molecule has 1 aliphatic heterocycles. The fraction of sp³-hybridized carbons (Fsp3) is 0.368. The summed E-state index contributed by atoms with van der Waals surface area (Å²) < 4.78 is 5.21. The molecule has 3 heterocycles. The number of amides is 2. The van der Waals surface area contributed by atoms with E-state index in [9.17, 15) is 10.1 Å². The second-order valence-corrected chi connectivity index (χ2v) is 6.14. The van der Waals surface area contributed by atoms with Crippen LogP contribution in [-0.4, -0.2) is 54.2 Å². The second-order valence-electron chi connectivity index (χ2n) is 6.14.